The molecule has 0 atom stereocenters. The average molecular weight is 284 g/mol. The number of carboxylic acids is 1. The van der Waals surface area contributed by atoms with Crippen LogP contribution in [-0.2, 0) is 4.79 Å². The molecule has 5 heteroatoms. The van der Waals surface area contributed by atoms with Gasteiger partial charge in [-0.05, 0) is 25.0 Å². The van der Waals surface area contributed by atoms with Gasteiger partial charge in [-0.2, -0.15) is 0 Å². The number of amides is 1. The fraction of sp³-hybridized carbons (Fsp3) is 0.312. The van der Waals surface area contributed by atoms with E-state index in [0.29, 0.717) is 5.69 Å². The Kier molecular flexibility index (Phi) is 3.56. The number of aliphatic carboxylic acids is 1. The Labute approximate surface area is 122 Å². The molecule has 1 aliphatic carbocycles. The standard InChI is InChI=1S/C16H16N2O3/c19-15(20)9-10-18(12-6-7-12)16(21)14-8-5-11-3-1-2-4-13(11)17-14/h1-5,8,12H,6-7,9-10H2,(H,19,20). The topological polar surface area (TPSA) is 70.5 Å². The number of para-hydroxylation sites is 1. The zero-order valence-electron chi connectivity index (χ0n) is 11.5. The maximum atomic E-state index is 12.6. The number of carbonyl (C=O) groups excluding carboxylic acids is 1. The average Bonchev–Trinajstić information content (AvgIpc) is 3.31. The van der Waals surface area contributed by atoms with E-state index >= 15 is 0 Å². The van der Waals surface area contributed by atoms with Crippen LogP contribution >= 0.6 is 0 Å². The molecule has 1 aliphatic rings. The van der Waals surface area contributed by atoms with Gasteiger partial charge in [-0.15, -0.1) is 0 Å². The van der Waals surface area contributed by atoms with Crippen LogP contribution in [0.15, 0.2) is 36.4 Å². The third-order valence-electron chi connectivity index (χ3n) is 3.63. The highest BCUT2D eigenvalue weighted by atomic mass is 16.4. The Morgan fingerprint density at radius 1 is 1.19 bits per heavy atom. The van der Waals surface area contributed by atoms with Crippen molar-refractivity contribution in [2.45, 2.75) is 25.3 Å². The summed E-state index contributed by atoms with van der Waals surface area (Å²) >= 11 is 0. The van der Waals surface area contributed by atoms with Crippen molar-refractivity contribution in [1.29, 1.82) is 0 Å². The first-order valence-electron chi connectivity index (χ1n) is 7.04. The summed E-state index contributed by atoms with van der Waals surface area (Å²) in [5, 5.41) is 9.79. The Morgan fingerprint density at radius 3 is 2.67 bits per heavy atom. The SMILES string of the molecule is O=C(O)CCN(C(=O)c1ccc2ccccc2n1)C1CC1. The Morgan fingerprint density at radius 2 is 1.95 bits per heavy atom. The summed E-state index contributed by atoms with van der Waals surface area (Å²) in [5.41, 5.74) is 1.16. The number of hydrogen-bond acceptors (Lipinski definition) is 3. The molecular weight excluding hydrogens is 268 g/mol. The Hall–Kier alpha value is -2.43. The van der Waals surface area contributed by atoms with Crippen molar-refractivity contribution in [3.63, 3.8) is 0 Å². The van der Waals surface area contributed by atoms with Gasteiger partial charge in [-0.1, -0.05) is 24.3 Å². The number of fused-ring (bicyclic) bond motifs is 1. The highest BCUT2D eigenvalue weighted by Gasteiger charge is 2.33. The minimum atomic E-state index is -0.889. The number of nitrogens with zero attached hydrogens (tertiary/aromatic N) is 2. The van der Waals surface area contributed by atoms with Crippen LogP contribution in [-0.4, -0.2) is 39.5 Å². The molecule has 5 nitrogen and oxygen atoms in total. The number of aromatic nitrogens is 1. The minimum Gasteiger partial charge on any atom is -0.481 e. The molecular formula is C16H16N2O3. The van der Waals surface area contributed by atoms with Crippen molar-refractivity contribution in [2.24, 2.45) is 0 Å². The lowest BCUT2D eigenvalue weighted by Crippen LogP contribution is -2.35. The summed E-state index contributed by atoms with van der Waals surface area (Å²) in [5.74, 6) is -1.07. The van der Waals surface area contributed by atoms with Crippen LogP contribution in [0.25, 0.3) is 10.9 Å². The molecule has 1 heterocycles. The zero-order valence-corrected chi connectivity index (χ0v) is 11.5. The second-order valence-electron chi connectivity index (χ2n) is 5.26. The van der Waals surface area contributed by atoms with Crippen molar-refractivity contribution in [1.82, 2.24) is 9.88 Å². The van der Waals surface area contributed by atoms with E-state index in [4.69, 9.17) is 5.11 Å². The van der Waals surface area contributed by atoms with E-state index < -0.39 is 5.97 Å². The van der Waals surface area contributed by atoms with Gasteiger partial charge in [-0.3, -0.25) is 9.59 Å². The van der Waals surface area contributed by atoms with Gasteiger partial charge in [0.15, 0.2) is 0 Å². The van der Waals surface area contributed by atoms with Gasteiger partial charge in [0.2, 0.25) is 0 Å². The predicted octanol–water partition coefficient (Wildman–Crippen LogP) is 2.31. The minimum absolute atomic E-state index is 0.0319. The predicted molar refractivity (Wildman–Crippen MR) is 78.1 cm³/mol. The van der Waals surface area contributed by atoms with Crippen LogP contribution in [0.4, 0.5) is 0 Å². The first-order valence-corrected chi connectivity index (χ1v) is 7.04. The molecule has 108 valence electrons. The maximum Gasteiger partial charge on any atom is 0.305 e. The quantitative estimate of drug-likeness (QED) is 0.914. The van der Waals surface area contributed by atoms with Crippen LogP contribution in [0.1, 0.15) is 29.8 Å². The monoisotopic (exact) mass is 284 g/mol. The van der Waals surface area contributed by atoms with E-state index in [0.717, 1.165) is 23.7 Å². The molecule has 1 saturated carbocycles. The molecule has 0 unspecified atom stereocenters. The van der Waals surface area contributed by atoms with Crippen molar-refractivity contribution < 1.29 is 14.7 Å². The van der Waals surface area contributed by atoms with Crippen LogP contribution in [0, 0.1) is 0 Å². The fourth-order valence-corrected chi connectivity index (χ4v) is 2.38. The van der Waals surface area contributed by atoms with Crippen molar-refractivity contribution in [3.8, 4) is 0 Å². The van der Waals surface area contributed by atoms with Crippen molar-refractivity contribution in [2.75, 3.05) is 6.54 Å². The van der Waals surface area contributed by atoms with Crippen LogP contribution in [0.5, 0.6) is 0 Å². The van der Waals surface area contributed by atoms with Crippen LogP contribution in [0.3, 0.4) is 0 Å². The van der Waals surface area contributed by atoms with E-state index in [-0.39, 0.29) is 24.9 Å². The molecule has 21 heavy (non-hydrogen) atoms. The second kappa shape index (κ2) is 5.52. The van der Waals surface area contributed by atoms with Gasteiger partial charge >= 0.3 is 5.97 Å². The lowest BCUT2D eigenvalue weighted by Gasteiger charge is -2.21. The number of pyridine rings is 1. The third-order valence-corrected chi connectivity index (χ3v) is 3.63. The maximum absolute atomic E-state index is 12.6. The molecule has 0 saturated heterocycles. The molecule has 0 bridgehead atoms. The normalized spacial score (nSPS) is 14.1. The van der Waals surface area contributed by atoms with Crippen molar-refractivity contribution in [3.05, 3.63) is 42.1 Å². The number of carbonyl (C=O) groups is 2. The molecule has 3 rings (SSSR count). The second-order valence-corrected chi connectivity index (χ2v) is 5.26. The number of benzene rings is 1. The Bertz CT molecular complexity index is 695. The van der Waals surface area contributed by atoms with Crippen molar-refractivity contribution >= 4 is 22.8 Å². The van der Waals surface area contributed by atoms with E-state index in [2.05, 4.69) is 4.98 Å². The lowest BCUT2D eigenvalue weighted by atomic mass is 10.2. The fourth-order valence-electron chi connectivity index (χ4n) is 2.38. The summed E-state index contributed by atoms with van der Waals surface area (Å²) in [6, 6.07) is 11.4. The van der Waals surface area contributed by atoms with Gasteiger partial charge in [-0.25, -0.2) is 4.98 Å². The molecule has 1 N–H and O–H groups in total. The van der Waals surface area contributed by atoms with Gasteiger partial charge in [0, 0.05) is 18.0 Å². The van der Waals surface area contributed by atoms with Gasteiger partial charge in [0.05, 0.1) is 11.9 Å². The molecule has 1 amide bonds. The van der Waals surface area contributed by atoms with Crippen LogP contribution in [0.2, 0.25) is 0 Å². The number of carboxylic acid groups (broad SMARTS) is 1. The van der Waals surface area contributed by atoms with Gasteiger partial charge in [0.25, 0.3) is 5.91 Å². The Balaban J connectivity index is 1.84. The smallest absolute Gasteiger partial charge is 0.305 e. The molecule has 0 radical (unpaired) electrons. The lowest BCUT2D eigenvalue weighted by molar-refractivity contribution is -0.137. The first-order chi connectivity index (χ1) is 10.1. The zero-order chi connectivity index (χ0) is 14.8. The van der Waals surface area contributed by atoms with Gasteiger partial charge in [0.1, 0.15) is 5.69 Å². The molecule has 2 aromatic rings. The van der Waals surface area contributed by atoms with E-state index in [1.54, 1.807) is 11.0 Å². The summed E-state index contributed by atoms with van der Waals surface area (Å²) in [4.78, 5) is 29.3. The molecule has 1 fully saturated rings. The number of hydrogen-bond donors (Lipinski definition) is 1. The van der Waals surface area contributed by atoms with Crippen LogP contribution < -0.4 is 0 Å². The summed E-state index contributed by atoms with van der Waals surface area (Å²) in [7, 11) is 0. The van der Waals surface area contributed by atoms with E-state index in [9.17, 15) is 9.59 Å². The molecule has 0 spiro atoms. The van der Waals surface area contributed by atoms with Gasteiger partial charge < -0.3 is 10.0 Å². The first kappa shape index (κ1) is 13.5. The number of rotatable bonds is 5. The molecule has 1 aromatic heterocycles. The molecule has 0 aliphatic heterocycles. The molecule has 1 aromatic carbocycles. The third kappa shape index (κ3) is 3.02. The largest absolute Gasteiger partial charge is 0.481 e. The van der Waals surface area contributed by atoms with E-state index in [1.165, 1.54) is 0 Å². The highest BCUT2D eigenvalue weighted by Crippen LogP contribution is 2.28. The van der Waals surface area contributed by atoms with E-state index in [1.807, 2.05) is 30.3 Å². The summed E-state index contributed by atoms with van der Waals surface area (Å²) in [6.45, 7) is 0.243. The highest BCUT2D eigenvalue weighted by molar-refractivity contribution is 5.95. The summed E-state index contributed by atoms with van der Waals surface area (Å²) in [6.07, 6.45) is 1.85. The summed E-state index contributed by atoms with van der Waals surface area (Å²) < 4.78 is 0.